The number of carbonyl (C=O) groups is 2. The van der Waals surface area contributed by atoms with Gasteiger partial charge in [-0.1, -0.05) is 11.6 Å². The zero-order valence-corrected chi connectivity index (χ0v) is 14.4. The van der Waals surface area contributed by atoms with Crippen LogP contribution in [0.25, 0.3) is 0 Å². The second kappa shape index (κ2) is 8.89. The van der Waals surface area contributed by atoms with Gasteiger partial charge < -0.3 is 19.5 Å². The number of amides is 1. The summed E-state index contributed by atoms with van der Waals surface area (Å²) < 4.78 is 15.3. The van der Waals surface area contributed by atoms with Gasteiger partial charge in [0.05, 0.1) is 12.1 Å². The Morgan fingerprint density at radius 3 is 2.44 bits per heavy atom. The second-order valence-electron chi connectivity index (χ2n) is 4.95. The number of esters is 1. The number of nitrogens with one attached hydrogen (secondary N) is 1. The molecule has 0 aliphatic rings. The first kappa shape index (κ1) is 18.5. The molecule has 1 atom stereocenters. The Labute approximate surface area is 149 Å². The molecule has 1 amide bonds. The van der Waals surface area contributed by atoms with E-state index >= 15 is 0 Å². The minimum absolute atomic E-state index is 0.312. The van der Waals surface area contributed by atoms with Gasteiger partial charge in [-0.2, -0.15) is 0 Å². The van der Waals surface area contributed by atoms with Gasteiger partial charge >= 0.3 is 5.97 Å². The van der Waals surface area contributed by atoms with Crippen LogP contribution in [0.5, 0.6) is 11.5 Å². The second-order valence-corrected chi connectivity index (χ2v) is 5.38. The van der Waals surface area contributed by atoms with Gasteiger partial charge in [0.25, 0.3) is 5.91 Å². The number of methoxy groups -OCH3 is 1. The number of hydrogen-bond donors (Lipinski definition) is 1. The van der Waals surface area contributed by atoms with E-state index in [1.54, 1.807) is 43.5 Å². The number of halogens is 1. The SMILES string of the molecule is COc1ccc(OCC(=O)O[C@H](C)C(=O)Nc2ccc(Cl)cn2)cc1. The molecule has 1 N–H and O–H groups in total. The molecule has 0 spiro atoms. The van der Waals surface area contributed by atoms with Gasteiger partial charge in [0.1, 0.15) is 17.3 Å². The lowest BCUT2D eigenvalue weighted by molar-refractivity contribution is -0.155. The fourth-order valence-corrected chi connectivity index (χ4v) is 1.89. The maximum atomic E-state index is 12.0. The van der Waals surface area contributed by atoms with Crippen molar-refractivity contribution >= 4 is 29.3 Å². The Morgan fingerprint density at radius 2 is 1.84 bits per heavy atom. The van der Waals surface area contributed by atoms with Crippen LogP contribution in [-0.2, 0) is 14.3 Å². The van der Waals surface area contributed by atoms with Crippen molar-refractivity contribution in [2.24, 2.45) is 0 Å². The predicted octanol–water partition coefficient (Wildman–Crippen LogP) is 2.69. The summed E-state index contributed by atoms with van der Waals surface area (Å²) in [7, 11) is 1.55. The van der Waals surface area contributed by atoms with Crippen LogP contribution < -0.4 is 14.8 Å². The van der Waals surface area contributed by atoms with Crippen molar-refractivity contribution in [1.29, 1.82) is 0 Å². The fourth-order valence-electron chi connectivity index (χ4n) is 1.78. The maximum Gasteiger partial charge on any atom is 0.344 e. The number of pyridine rings is 1. The molecule has 0 aliphatic carbocycles. The molecule has 132 valence electrons. The molecular weight excluding hydrogens is 348 g/mol. The van der Waals surface area contributed by atoms with Crippen molar-refractivity contribution in [3.63, 3.8) is 0 Å². The van der Waals surface area contributed by atoms with Crippen molar-refractivity contribution in [3.8, 4) is 11.5 Å². The third-order valence-electron chi connectivity index (χ3n) is 3.07. The van der Waals surface area contributed by atoms with E-state index in [0.29, 0.717) is 22.3 Å². The molecule has 7 nitrogen and oxygen atoms in total. The highest BCUT2D eigenvalue weighted by Gasteiger charge is 2.18. The largest absolute Gasteiger partial charge is 0.497 e. The van der Waals surface area contributed by atoms with Crippen LogP contribution >= 0.6 is 11.6 Å². The topological polar surface area (TPSA) is 86.8 Å². The summed E-state index contributed by atoms with van der Waals surface area (Å²) in [5, 5.41) is 2.97. The summed E-state index contributed by atoms with van der Waals surface area (Å²) in [5.74, 6) is 0.304. The average Bonchev–Trinajstić information content (AvgIpc) is 2.62. The van der Waals surface area contributed by atoms with E-state index in [0.717, 1.165) is 0 Å². The summed E-state index contributed by atoms with van der Waals surface area (Å²) in [4.78, 5) is 27.7. The number of aromatic nitrogens is 1. The number of rotatable bonds is 7. The van der Waals surface area contributed by atoms with Gasteiger partial charge in [0.15, 0.2) is 12.7 Å². The Morgan fingerprint density at radius 1 is 1.16 bits per heavy atom. The van der Waals surface area contributed by atoms with Crippen LogP contribution in [0.1, 0.15) is 6.92 Å². The first-order valence-electron chi connectivity index (χ1n) is 7.36. The van der Waals surface area contributed by atoms with Crippen LogP contribution in [-0.4, -0.2) is 36.7 Å². The van der Waals surface area contributed by atoms with Gasteiger partial charge in [0, 0.05) is 6.20 Å². The van der Waals surface area contributed by atoms with Crippen molar-refractivity contribution in [2.75, 3.05) is 19.0 Å². The van der Waals surface area contributed by atoms with Gasteiger partial charge in [0.2, 0.25) is 0 Å². The van der Waals surface area contributed by atoms with Gasteiger partial charge in [-0.3, -0.25) is 4.79 Å². The standard InChI is InChI=1S/C17H17ClN2O5/c1-11(17(22)20-15-8-3-12(18)9-19-15)25-16(21)10-24-14-6-4-13(23-2)5-7-14/h3-9,11H,10H2,1-2H3,(H,19,20,22)/t11-/m1/s1. The van der Waals surface area contributed by atoms with Crippen LogP contribution in [0.2, 0.25) is 5.02 Å². The molecule has 8 heteroatoms. The number of nitrogens with zero attached hydrogens (tertiary/aromatic N) is 1. The molecule has 2 rings (SSSR count). The van der Waals surface area contributed by atoms with Crippen molar-refractivity contribution < 1.29 is 23.8 Å². The molecule has 0 radical (unpaired) electrons. The van der Waals surface area contributed by atoms with Crippen molar-refractivity contribution in [2.45, 2.75) is 13.0 Å². The minimum atomic E-state index is -0.996. The molecular formula is C17H17ClN2O5. The molecule has 0 saturated carbocycles. The first-order chi connectivity index (χ1) is 12.0. The van der Waals surface area contributed by atoms with E-state index in [4.69, 9.17) is 25.8 Å². The third kappa shape index (κ3) is 5.96. The zero-order valence-electron chi connectivity index (χ0n) is 13.7. The number of carbonyl (C=O) groups excluding carboxylic acids is 2. The number of anilines is 1. The maximum absolute atomic E-state index is 12.0. The number of hydrogen-bond acceptors (Lipinski definition) is 6. The van der Waals surface area contributed by atoms with E-state index in [2.05, 4.69) is 10.3 Å². The average molecular weight is 365 g/mol. The lowest BCUT2D eigenvalue weighted by atomic mass is 10.3. The van der Waals surface area contributed by atoms with Gasteiger partial charge in [-0.25, -0.2) is 9.78 Å². The highest BCUT2D eigenvalue weighted by Crippen LogP contribution is 2.17. The lowest BCUT2D eigenvalue weighted by Gasteiger charge is -2.13. The Balaban J connectivity index is 1.78. The molecule has 0 saturated heterocycles. The molecule has 1 aromatic carbocycles. The van der Waals surface area contributed by atoms with E-state index in [1.165, 1.54) is 13.1 Å². The molecule has 0 unspecified atom stereocenters. The predicted molar refractivity (Wildman–Crippen MR) is 91.9 cm³/mol. The molecule has 2 aromatic rings. The molecule has 0 aliphatic heterocycles. The molecule has 25 heavy (non-hydrogen) atoms. The van der Waals surface area contributed by atoms with Crippen LogP contribution in [0, 0.1) is 0 Å². The van der Waals surface area contributed by atoms with E-state index in [-0.39, 0.29) is 6.61 Å². The smallest absolute Gasteiger partial charge is 0.344 e. The summed E-state index contributed by atoms with van der Waals surface area (Å²) >= 11 is 5.72. The minimum Gasteiger partial charge on any atom is -0.497 e. The molecule has 1 aromatic heterocycles. The monoisotopic (exact) mass is 364 g/mol. The fraction of sp³-hybridized carbons (Fsp3) is 0.235. The van der Waals surface area contributed by atoms with Crippen LogP contribution in [0.3, 0.4) is 0 Å². The Bertz CT molecular complexity index is 719. The van der Waals surface area contributed by atoms with Crippen molar-refractivity contribution in [3.05, 3.63) is 47.6 Å². The Kier molecular flexibility index (Phi) is 6.59. The summed E-state index contributed by atoms with van der Waals surface area (Å²) in [6.07, 6.45) is 0.403. The molecule has 1 heterocycles. The highest BCUT2D eigenvalue weighted by molar-refractivity contribution is 6.30. The third-order valence-corrected chi connectivity index (χ3v) is 3.30. The van der Waals surface area contributed by atoms with E-state index in [9.17, 15) is 9.59 Å². The zero-order chi connectivity index (χ0) is 18.2. The van der Waals surface area contributed by atoms with Gasteiger partial charge in [-0.05, 0) is 43.3 Å². The normalized spacial score (nSPS) is 11.3. The van der Waals surface area contributed by atoms with Crippen molar-refractivity contribution in [1.82, 2.24) is 4.98 Å². The summed E-state index contributed by atoms with van der Waals surface area (Å²) in [5.41, 5.74) is 0. The summed E-state index contributed by atoms with van der Waals surface area (Å²) in [6, 6.07) is 9.86. The summed E-state index contributed by atoms with van der Waals surface area (Å²) in [6.45, 7) is 1.14. The van der Waals surface area contributed by atoms with Crippen LogP contribution in [0.15, 0.2) is 42.6 Å². The quantitative estimate of drug-likeness (QED) is 0.760. The lowest BCUT2D eigenvalue weighted by Crippen LogP contribution is -2.31. The number of benzene rings is 1. The first-order valence-corrected chi connectivity index (χ1v) is 7.74. The number of ether oxygens (including phenoxy) is 3. The van der Waals surface area contributed by atoms with Gasteiger partial charge in [-0.15, -0.1) is 0 Å². The van der Waals surface area contributed by atoms with E-state index < -0.39 is 18.0 Å². The Hall–Kier alpha value is -2.80. The molecule has 0 fully saturated rings. The molecule has 0 bridgehead atoms. The van der Waals surface area contributed by atoms with Crippen LogP contribution in [0.4, 0.5) is 5.82 Å². The highest BCUT2D eigenvalue weighted by atomic mass is 35.5. The van der Waals surface area contributed by atoms with E-state index in [1.807, 2.05) is 0 Å².